The Bertz CT molecular complexity index is 596. The van der Waals surface area contributed by atoms with Crippen molar-refractivity contribution in [2.24, 2.45) is 0 Å². The first-order valence-corrected chi connectivity index (χ1v) is 6.84. The average molecular weight is 271 g/mol. The summed E-state index contributed by atoms with van der Waals surface area (Å²) in [5, 5.41) is 4.20. The third-order valence-electron chi connectivity index (χ3n) is 3.70. The van der Waals surface area contributed by atoms with Crippen LogP contribution >= 0.6 is 0 Å². The molecule has 0 radical (unpaired) electrons. The van der Waals surface area contributed by atoms with Gasteiger partial charge in [0.1, 0.15) is 5.78 Å². The highest BCUT2D eigenvalue weighted by Crippen LogP contribution is 2.26. The predicted molar refractivity (Wildman–Crippen MR) is 80.5 cm³/mol. The van der Waals surface area contributed by atoms with E-state index in [4.69, 9.17) is 5.73 Å². The van der Waals surface area contributed by atoms with Crippen LogP contribution in [0, 0.1) is 0 Å². The summed E-state index contributed by atoms with van der Waals surface area (Å²) in [4.78, 5) is 12.5. The number of nitrogens with zero attached hydrogens (tertiary/aromatic N) is 2. The second-order valence-corrected chi connectivity index (χ2v) is 5.55. The van der Waals surface area contributed by atoms with Crippen LogP contribution in [0.3, 0.4) is 0 Å². The standard InChI is InChI=1S/C16H21N3O/c1-4-19-11-12(10-18-19)9-15(20)16(2,3)13-5-7-14(17)8-6-13/h5-8,10-11H,4,9,17H2,1-3H3. The molecule has 20 heavy (non-hydrogen) atoms. The lowest BCUT2D eigenvalue weighted by Gasteiger charge is -2.23. The molecular weight excluding hydrogens is 250 g/mol. The molecule has 0 fully saturated rings. The molecule has 0 atom stereocenters. The largest absolute Gasteiger partial charge is 0.399 e. The zero-order chi connectivity index (χ0) is 14.8. The number of anilines is 1. The van der Waals surface area contributed by atoms with E-state index in [1.165, 1.54) is 0 Å². The number of hydrogen-bond donors (Lipinski definition) is 1. The SMILES string of the molecule is CCn1cc(CC(=O)C(C)(C)c2ccc(N)cc2)cn1. The smallest absolute Gasteiger partial charge is 0.147 e. The molecule has 0 aliphatic carbocycles. The van der Waals surface area contributed by atoms with Crippen LogP contribution in [0.1, 0.15) is 31.9 Å². The maximum atomic E-state index is 12.5. The lowest BCUT2D eigenvalue weighted by Crippen LogP contribution is -2.30. The van der Waals surface area contributed by atoms with Gasteiger partial charge in [0.05, 0.1) is 6.20 Å². The van der Waals surface area contributed by atoms with Crippen molar-refractivity contribution in [1.29, 1.82) is 0 Å². The van der Waals surface area contributed by atoms with Crippen molar-refractivity contribution < 1.29 is 4.79 Å². The van der Waals surface area contributed by atoms with Crippen LogP contribution < -0.4 is 5.73 Å². The number of nitrogens with two attached hydrogens (primary N) is 1. The summed E-state index contributed by atoms with van der Waals surface area (Å²) in [6.45, 7) is 6.74. The lowest BCUT2D eigenvalue weighted by molar-refractivity contribution is -0.122. The maximum Gasteiger partial charge on any atom is 0.147 e. The van der Waals surface area contributed by atoms with Gasteiger partial charge in [0.2, 0.25) is 0 Å². The van der Waals surface area contributed by atoms with Crippen LogP contribution in [0.5, 0.6) is 0 Å². The predicted octanol–water partition coefficient (Wildman–Crippen LogP) is 2.57. The van der Waals surface area contributed by atoms with E-state index in [1.807, 2.05) is 55.9 Å². The lowest BCUT2D eigenvalue weighted by atomic mass is 9.78. The average Bonchev–Trinajstić information content (AvgIpc) is 2.87. The zero-order valence-corrected chi connectivity index (χ0v) is 12.3. The molecule has 0 saturated carbocycles. The van der Waals surface area contributed by atoms with E-state index in [0.29, 0.717) is 12.1 Å². The summed E-state index contributed by atoms with van der Waals surface area (Å²) < 4.78 is 1.83. The summed E-state index contributed by atoms with van der Waals surface area (Å²) in [5.74, 6) is 0.179. The third kappa shape index (κ3) is 2.90. The van der Waals surface area contributed by atoms with Crippen molar-refractivity contribution in [2.45, 2.75) is 39.2 Å². The quantitative estimate of drug-likeness (QED) is 0.850. The number of carbonyl (C=O) groups is 1. The van der Waals surface area contributed by atoms with Gasteiger partial charge in [0.15, 0.2) is 0 Å². The number of nitrogen functional groups attached to an aromatic ring is 1. The molecule has 0 aliphatic heterocycles. The van der Waals surface area contributed by atoms with Crippen LogP contribution in [-0.2, 0) is 23.2 Å². The normalized spacial score (nSPS) is 11.6. The fourth-order valence-corrected chi connectivity index (χ4v) is 2.14. The van der Waals surface area contributed by atoms with Gasteiger partial charge in [-0.3, -0.25) is 9.48 Å². The first kappa shape index (κ1) is 14.3. The number of aromatic nitrogens is 2. The van der Waals surface area contributed by atoms with Gasteiger partial charge in [0.25, 0.3) is 0 Å². The van der Waals surface area contributed by atoms with Crippen LogP contribution in [0.4, 0.5) is 5.69 Å². The minimum absolute atomic E-state index is 0.179. The van der Waals surface area contributed by atoms with E-state index in [-0.39, 0.29) is 5.78 Å². The summed E-state index contributed by atoms with van der Waals surface area (Å²) >= 11 is 0. The van der Waals surface area contributed by atoms with Crippen molar-refractivity contribution in [3.8, 4) is 0 Å². The second kappa shape index (κ2) is 5.49. The number of rotatable bonds is 5. The van der Waals surface area contributed by atoms with Crippen molar-refractivity contribution in [2.75, 3.05) is 5.73 Å². The minimum Gasteiger partial charge on any atom is -0.399 e. The van der Waals surface area contributed by atoms with Gasteiger partial charge in [-0.05, 0) is 44.0 Å². The molecular formula is C16H21N3O. The van der Waals surface area contributed by atoms with Crippen molar-refractivity contribution in [1.82, 2.24) is 9.78 Å². The monoisotopic (exact) mass is 271 g/mol. The Labute approximate surface area is 119 Å². The van der Waals surface area contributed by atoms with Gasteiger partial charge in [-0.2, -0.15) is 5.10 Å². The molecule has 0 bridgehead atoms. The molecule has 4 heteroatoms. The molecule has 0 spiro atoms. The van der Waals surface area contributed by atoms with Gasteiger partial charge < -0.3 is 5.73 Å². The van der Waals surface area contributed by atoms with Crippen LogP contribution in [0.2, 0.25) is 0 Å². The third-order valence-corrected chi connectivity index (χ3v) is 3.70. The molecule has 0 amide bonds. The first-order chi connectivity index (χ1) is 9.43. The number of ketones is 1. The van der Waals surface area contributed by atoms with E-state index in [0.717, 1.165) is 17.7 Å². The Morgan fingerprint density at radius 2 is 1.95 bits per heavy atom. The number of carbonyl (C=O) groups excluding carboxylic acids is 1. The molecule has 106 valence electrons. The van der Waals surface area contributed by atoms with Gasteiger partial charge in [-0.25, -0.2) is 0 Å². The highest BCUT2D eigenvalue weighted by atomic mass is 16.1. The molecule has 2 rings (SSSR count). The van der Waals surface area contributed by atoms with Crippen molar-refractivity contribution in [3.63, 3.8) is 0 Å². The Hall–Kier alpha value is -2.10. The van der Waals surface area contributed by atoms with E-state index in [9.17, 15) is 4.79 Å². The second-order valence-electron chi connectivity index (χ2n) is 5.55. The van der Waals surface area contributed by atoms with E-state index in [1.54, 1.807) is 6.20 Å². The highest BCUT2D eigenvalue weighted by molar-refractivity contribution is 5.91. The minimum atomic E-state index is -0.526. The number of hydrogen-bond acceptors (Lipinski definition) is 3. The van der Waals surface area contributed by atoms with Crippen LogP contribution in [-0.4, -0.2) is 15.6 Å². The molecule has 0 aliphatic rings. The fourth-order valence-electron chi connectivity index (χ4n) is 2.14. The molecule has 2 N–H and O–H groups in total. The summed E-state index contributed by atoms with van der Waals surface area (Å²) in [7, 11) is 0. The van der Waals surface area contributed by atoms with E-state index < -0.39 is 5.41 Å². The molecule has 4 nitrogen and oxygen atoms in total. The van der Waals surface area contributed by atoms with E-state index in [2.05, 4.69) is 5.10 Å². The highest BCUT2D eigenvalue weighted by Gasteiger charge is 2.29. The molecule has 0 saturated heterocycles. The summed E-state index contributed by atoms with van der Waals surface area (Å²) in [6.07, 6.45) is 4.09. The van der Waals surface area contributed by atoms with Crippen LogP contribution in [0.15, 0.2) is 36.7 Å². The van der Waals surface area contributed by atoms with Gasteiger partial charge in [-0.15, -0.1) is 0 Å². The van der Waals surface area contributed by atoms with Gasteiger partial charge >= 0.3 is 0 Å². The Kier molecular flexibility index (Phi) is 3.93. The first-order valence-electron chi connectivity index (χ1n) is 6.84. The Balaban J connectivity index is 2.16. The fraction of sp³-hybridized carbons (Fsp3) is 0.375. The van der Waals surface area contributed by atoms with E-state index >= 15 is 0 Å². The Morgan fingerprint density at radius 1 is 1.30 bits per heavy atom. The zero-order valence-electron chi connectivity index (χ0n) is 12.3. The molecule has 1 heterocycles. The topological polar surface area (TPSA) is 60.9 Å². The molecule has 0 unspecified atom stereocenters. The number of aryl methyl sites for hydroxylation is 1. The van der Waals surface area contributed by atoms with Crippen molar-refractivity contribution >= 4 is 11.5 Å². The summed E-state index contributed by atoms with van der Waals surface area (Å²) in [5.41, 5.74) is 7.82. The van der Waals surface area contributed by atoms with Gasteiger partial charge in [-0.1, -0.05) is 12.1 Å². The summed E-state index contributed by atoms with van der Waals surface area (Å²) in [6, 6.07) is 7.50. The molecule has 2 aromatic rings. The molecule has 1 aromatic heterocycles. The van der Waals surface area contributed by atoms with Crippen LogP contribution in [0.25, 0.3) is 0 Å². The van der Waals surface area contributed by atoms with Gasteiger partial charge in [0, 0.05) is 30.3 Å². The molecule has 1 aromatic carbocycles. The Morgan fingerprint density at radius 3 is 2.50 bits per heavy atom. The number of Topliss-reactive ketones (excluding diaryl/α,β-unsaturated/α-hetero) is 1. The number of benzene rings is 1. The maximum absolute atomic E-state index is 12.5. The van der Waals surface area contributed by atoms with Crippen molar-refractivity contribution in [3.05, 3.63) is 47.8 Å².